The predicted octanol–water partition coefficient (Wildman–Crippen LogP) is 2.35. The van der Waals surface area contributed by atoms with Crippen molar-refractivity contribution in [2.45, 2.75) is 26.4 Å². The van der Waals surface area contributed by atoms with Gasteiger partial charge in [-0.15, -0.1) is 0 Å². The van der Waals surface area contributed by atoms with E-state index >= 15 is 0 Å². The largest absolute Gasteiger partial charge is 0.501 e. The van der Waals surface area contributed by atoms with Gasteiger partial charge >= 0.3 is 5.97 Å². The first kappa shape index (κ1) is 19.3. The zero-order valence-electron chi connectivity index (χ0n) is 14.4. The molecule has 6 heteroatoms. The summed E-state index contributed by atoms with van der Waals surface area (Å²) in [5.74, 6) is 0.363. The van der Waals surface area contributed by atoms with Gasteiger partial charge in [0.05, 0.1) is 26.4 Å². The number of hydrogen-bond acceptors (Lipinski definition) is 5. The van der Waals surface area contributed by atoms with E-state index in [-0.39, 0.29) is 6.42 Å². The molecule has 0 fully saturated rings. The maximum absolute atomic E-state index is 12.0. The molecule has 1 aromatic carbocycles. The van der Waals surface area contributed by atoms with E-state index in [4.69, 9.17) is 14.2 Å². The Bertz CT molecular complexity index is 619. The number of methoxy groups -OCH3 is 2. The van der Waals surface area contributed by atoms with E-state index in [1.807, 2.05) is 0 Å². The Labute approximate surface area is 142 Å². The van der Waals surface area contributed by atoms with Gasteiger partial charge in [-0.2, -0.15) is 0 Å². The summed E-state index contributed by atoms with van der Waals surface area (Å²) in [6.45, 7) is 6.92. The Morgan fingerprint density at radius 2 is 1.88 bits per heavy atom. The molecule has 130 valence electrons. The van der Waals surface area contributed by atoms with Crippen molar-refractivity contribution < 1.29 is 23.8 Å². The van der Waals surface area contributed by atoms with Crippen LogP contribution >= 0.6 is 0 Å². The number of carbonyl (C=O) groups is 2. The number of nitrogens with one attached hydrogen (secondary N) is 1. The third-order valence-electron chi connectivity index (χ3n) is 3.17. The van der Waals surface area contributed by atoms with Crippen molar-refractivity contribution in [1.29, 1.82) is 0 Å². The second-order valence-electron chi connectivity index (χ2n) is 5.13. The molecule has 0 heterocycles. The van der Waals surface area contributed by atoms with Crippen LogP contribution in [0.1, 0.15) is 19.4 Å². The van der Waals surface area contributed by atoms with Crippen molar-refractivity contribution >= 4 is 11.9 Å². The molecule has 0 radical (unpaired) electrons. The molecule has 0 aliphatic heterocycles. The third kappa shape index (κ3) is 6.56. The van der Waals surface area contributed by atoms with E-state index in [1.165, 1.54) is 14.0 Å². The van der Waals surface area contributed by atoms with Crippen LogP contribution in [0.3, 0.4) is 0 Å². The maximum Gasteiger partial charge on any atom is 0.311 e. The Hall–Kier alpha value is -2.76. The van der Waals surface area contributed by atoms with Crippen LogP contribution in [0.2, 0.25) is 0 Å². The van der Waals surface area contributed by atoms with E-state index in [0.717, 1.165) is 5.56 Å². The molecule has 24 heavy (non-hydrogen) atoms. The maximum atomic E-state index is 12.0. The van der Waals surface area contributed by atoms with E-state index in [1.54, 1.807) is 44.4 Å². The minimum Gasteiger partial charge on any atom is -0.501 e. The number of amides is 1. The number of esters is 1. The molecule has 0 spiro atoms. The Balaban J connectivity index is 2.50. The van der Waals surface area contributed by atoms with Gasteiger partial charge in [-0.1, -0.05) is 18.7 Å². The fourth-order valence-corrected chi connectivity index (χ4v) is 1.80. The minimum absolute atomic E-state index is 0.0746. The van der Waals surface area contributed by atoms with Crippen molar-refractivity contribution in [3.63, 3.8) is 0 Å². The molecule has 1 atom stereocenters. The fourth-order valence-electron chi connectivity index (χ4n) is 1.80. The second kappa shape index (κ2) is 9.39. The van der Waals surface area contributed by atoms with Gasteiger partial charge in [-0.3, -0.25) is 9.59 Å². The number of benzene rings is 1. The highest BCUT2D eigenvalue weighted by Gasteiger charge is 2.18. The fraction of sp³-hybridized carbons (Fsp3) is 0.333. The van der Waals surface area contributed by atoms with Gasteiger partial charge in [0.1, 0.15) is 5.75 Å². The second-order valence-corrected chi connectivity index (χ2v) is 5.13. The molecule has 0 bridgehead atoms. The lowest BCUT2D eigenvalue weighted by atomic mass is 10.1. The van der Waals surface area contributed by atoms with Crippen LogP contribution in [0.25, 0.3) is 0 Å². The smallest absolute Gasteiger partial charge is 0.311 e. The molecule has 0 saturated carbocycles. The zero-order valence-corrected chi connectivity index (χ0v) is 14.4. The molecule has 0 saturated heterocycles. The summed E-state index contributed by atoms with van der Waals surface area (Å²) in [4.78, 5) is 23.9. The highest BCUT2D eigenvalue weighted by atomic mass is 16.5. The summed E-state index contributed by atoms with van der Waals surface area (Å²) in [6, 6.07) is 7.05. The van der Waals surface area contributed by atoms with Crippen LogP contribution in [-0.4, -0.2) is 32.2 Å². The van der Waals surface area contributed by atoms with Gasteiger partial charge in [0.2, 0.25) is 0 Å². The number of ether oxygens (including phenoxy) is 3. The van der Waals surface area contributed by atoms with Crippen LogP contribution in [0.4, 0.5) is 0 Å². The molecule has 0 aliphatic carbocycles. The van der Waals surface area contributed by atoms with Crippen LogP contribution in [-0.2, 0) is 25.5 Å². The first-order valence-corrected chi connectivity index (χ1v) is 7.40. The SMILES string of the molecule is C=C(/C=C(/C)OC)NC(=O)C(C)OC(=O)Cc1ccc(OC)cc1. The van der Waals surface area contributed by atoms with E-state index < -0.39 is 18.0 Å². The molecule has 1 unspecified atom stereocenters. The van der Waals surface area contributed by atoms with Gasteiger partial charge < -0.3 is 19.5 Å². The first-order chi connectivity index (χ1) is 11.3. The van der Waals surface area contributed by atoms with E-state index in [0.29, 0.717) is 17.2 Å². The van der Waals surface area contributed by atoms with Crippen LogP contribution in [0.15, 0.2) is 48.4 Å². The average molecular weight is 333 g/mol. The quantitative estimate of drug-likeness (QED) is 0.449. The molecule has 6 nitrogen and oxygen atoms in total. The molecular weight excluding hydrogens is 310 g/mol. The van der Waals surface area contributed by atoms with Gasteiger partial charge in [0.15, 0.2) is 6.10 Å². The number of carbonyl (C=O) groups excluding carboxylic acids is 2. The summed E-state index contributed by atoms with van der Waals surface area (Å²) >= 11 is 0. The van der Waals surface area contributed by atoms with Gasteiger partial charge in [0, 0.05) is 5.70 Å². The van der Waals surface area contributed by atoms with E-state index in [9.17, 15) is 9.59 Å². The van der Waals surface area contributed by atoms with Gasteiger partial charge in [-0.25, -0.2) is 0 Å². The molecule has 0 aromatic heterocycles. The summed E-state index contributed by atoms with van der Waals surface area (Å²) < 4.78 is 15.1. The topological polar surface area (TPSA) is 73.9 Å². The van der Waals surface area contributed by atoms with Crippen LogP contribution < -0.4 is 10.1 Å². The minimum atomic E-state index is -0.927. The summed E-state index contributed by atoms with van der Waals surface area (Å²) in [5.41, 5.74) is 1.13. The number of hydrogen-bond donors (Lipinski definition) is 1. The molecule has 1 amide bonds. The zero-order chi connectivity index (χ0) is 18.1. The first-order valence-electron chi connectivity index (χ1n) is 7.40. The van der Waals surface area contributed by atoms with Crippen molar-refractivity contribution in [1.82, 2.24) is 5.32 Å². The normalized spacial score (nSPS) is 12.1. The monoisotopic (exact) mass is 333 g/mol. The highest BCUT2D eigenvalue weighted by molar-refractivity contribution is 5.85. The van der Waals surface area contributed by atoms with Gasteiger partial charge in [-0.05, 0) is 37.6 Å². The Morgan fingerprint density at radius 1 is 1.25 bits per heavy atom. The van der Waals surface area contributed by atoms with Crippen molar-refractivity contribution in [2.75, 3.05) is 14.2 Å². The molecule has 1 aromatic rings. The van der Waals surface area contributed by atoms with E-state index in [2.05, 4.69) is 11.9 Å². The third-order valence-corrected chi connectivity index (χ3v) is 3.17. The standard InChI is InChI=1S/C18H23NO5/c1-12(10-13(2)22-4)19-18(21)14(3)24-17(20)11-15-6-8-16(23-5)9-7-15/h6-10,14H,1,11H2,2-5H3,(H,19,21)/b13-10-. The molecular formula is C18H23NO5. The molecule has 1 N–H and O–H groups in total. The molecule has 0 aliphatic rings. The number of rotatable bonds is 8. The average Bonchev–Trinajstić information content (AvgIpc) is 2.54. The van der Waals surface area contributed by atoms with Crippen LogP contribution in [0, 0.1) is 0 Å². The molecule has 1 rings (SSSR count). The lowest BCUT2D eigenvalue weighted by molar-refractivity contribution is -0.153. The van der Waals surface area contributed by atoms with Crippen molar-refractivity contribution in [2.24, 2.45) is 0 Å². The Kier molecular flexibility index (Phi) is 7.55. The summed E-state index contributed by atoms with van der Waals surface area (Å²) in [7, 11) is 3.09. The van der Waals surface area contributed by atoms with Crippen molar-refractivity contribution in [3.8, 4) is 5.75 Å². The Morgan fingerprint density at radius 3 is 2.42 bits per heavy atom. The highest BCUT2D eigenvalue weighted by Crippen LogP contribution is 2.12. The summed E-state index contributed by atoms with van der Waals surface area (Å²) in [6.07, 6.45) is 0.721. The van der Waals surface area contributed by atoms with Crippen LogP contribution in [0.5, 0.6) is 5.75 Å². The lowest BCUT2D eigenvalue weighted by Crippen LogP contribution is -2.35. The van der Waals surface area contributed by atoms with Gasteiger partial charge in [0.25, 0.3) is 5.91 Å². The lowest BCUT2D eigenvalue weighted by Gasteiger charge is -2.14. The summed E-state index contributed by atoms with van der Waals surface area (Å²) in [5, 5.41) is 2.55. The predicted molar refractivity (Wildman–Crippen MR) is 90.3 cm³/mol. The van der Waals surface area contributed by atoms with Crippen molar-refractivity contribution in [3.05, 3.63) is 53.9 Å². The number of allylic oxidation sites excluding steroid dienone is 2.